The van der Waals surface area contributed by atoms with Crippen LogP contribution in [0.2, 0.25) is 0 Å². The number of hydrogen-bond donors (Lipinski definition) is 1. The van der Waals surface area contributed by atoms with Gasteiger partial charge in [0, 0.05) is 25.5 Å². The van der Waals surface area contributed by atoms with Crippen molar-refractivity contribution in [1.82, 2.24) is 10.3 Å². The van der Waals surface area contributed by atoms with E-state index in [1.165, 1.54) is 7.11 Å². The summed E-state index contributed by atoms with van der Waals surface area (Å²) >= 11 is 0. The summed E-state index contributed by atoms with van der Waals surface area (Å²) in [7, 11) is 3.09. The fourth-order valence-electron chi connectivity index (χ4n) is 2.17. The summed E-state index contributed by atoms with van der Waals surface area (Å²) in [4.78, 5) is 16.3. The highest BCUT2D eigenvalue weighted by Crippen LogP contribution is 2.27. The third-order valence-electron chi connectivity index (χ3n) is 3.28. The van der Waals surface area contributed by atoms with Crippen molar-refractivity contribution in [3.63, 3.8) is 0 Å². The molecular weight excluding hydrogens is 284 g/mol. The maximum atomic E-state index is 12.1. The Morgan fingerprint density at radius 2 is 1.95 bits per heavy atom. The number of amides is 1. The Bertz CT molecular complexity index is 664. The van der Waals surface area contributed by atoms with Crippen LogP contribution in [-0.4, -0.2) is 31.7 Å². The second-order valence-electron chi connectivity index (χ2n) is 4.82. The van der Waals surface area contributed by atoms with Crippen LogP contribution in [0.25, 0.3) is 0 Å². The van der Waals surface area contributed by atoms with Gasteiger partial charge in [-0.1, -0.05) is 0 Å². The maximum absolute atomic E-state index is 12.1. The van der Waals surface area contributed by atoms with Gasteiger partial charge in [0.1, 0.15) is 5.76 Å². The molecule has 0 bridgehead atoms. The standard InChI is InChI=1S/C16H20N2O4/c1-10-13(22-11(2)18-10)7-8-17-16(19)12-5-6-14(20-3)15(9-12)21-4/h5-6,9H,7-8H2,1-4H3,(H,17,19). The summed E-state index contributed by atoms with van der Waals surface area (Å²) in [5, 5.41) is 2.85. The van der Waals surface area contributed by atoms with E-state index in [9.17, 15) is 4.79 Å². The molecule has 1 aromatic heterocycles. The van der Waals surface area contributed by atoms with Gasteiger partial charge in [0.25, 0.3) is 5.91 Å². The molecule has 2 aromatic rings. The number of methoxy groups -OCH3 is 2. The molecule has 0 aliphatic heterocycles. The smallest absolute Gasteiger partial charge is 0.251 e. The lowest BCUT2D eigenvalue weighted by Crippen LogP contribution is -2.25. The number of aryl methyl sites for hydroxylation is 2. The fraction of sp³-hybridized carbons (Fsp3) is 0.375. The van der Waals surface area contributed by atoms with Gasteiger partial charge in [-0.2, -0.15) is 0 Å². The van der Waals surface area contributed by atoms with Crippen LogP contribution in [0.5, 0.6) is 11.5 Å². The lowest BCUT2D eigenvalue weighted by Gasteiger charge is -2.09. The molecule has 1 amide bonds. The van der Waals surface area contributed by atoms with Crippen LogP contribution >= 0.6 is 0 Å². The summed E-state index contributed by atoms with van der Waals surface area (Å²) < 4.78 is 15.8. The van der Waals surface area contributed by atoms with Crippen LogP contribution in [-0.2, 0) is 6.42 Å². The molecule has 1 aromatic carbocycles. The van der Waals surface area contributed by atoms with Gasteiger partial charge in [-0.15, -0.1) is 0 Å². The first-order chi connectivity index (χ1) is 10.5. The molecule has 1 heterocycles. The van der Waals surface area contributed by atoms with Gasteiger partial charge < -0.3 is 19.2 Å². The molecule has 118 valence electrons. The van der Waals surface area contributed by atoms with Gasteiger partial charge in [0.2, 0.25) is 0 Å². The first kappa shape index (κ1) is 15.9. The average molecular weight is 304 g/mol. The highest BCUT2D eigenvalue weighted by molar-refractivity contribution is 5.94. The van der Waals surface area contributed by atoms with Gasteiger partial charge in [-0.05, 0) is 25.1 Å². The number of benzene rings is 1. The molecule has 2 rings (SSSR count). The highest BCUT2D eigenvalue weighted by Gasteiger charge is 2.11. The highest BCUT2D eigenvalue weighted by atomic mass is 16.5. The number of nitrogens with one attached hydrogen (secondary N) is 1. The van der Waals surface area contributed by atoms with Crippen molar-refractivity contribution in [2.45, 2.75) is 20.3 Å². The van der Waals surface area contributed by atoms with Gasteiger partial charge >= 0.3 is 0 Å². The van der Waals surface area contributed by atoms with E-state index in [0.29, 0.717) is 35.9 Å². The molecule has 0 unspecified atom stereocenters. The number of nitrogens with zero attached hydrogens (tertiary/aromatic N) is 1. The molecule has 0 aliphatic rings. The molecule has 0 radical (unpaired) electrons. The molecule has 1 N–H and O–H groups in total. The van der Waals surface area contributed by atoms with E-state index in [-0.39, 0.29) is 5.91 Å². The summed E-state index contributed by atoms with van der Waals surface area (Å²) in [6.45, 7) is 4.17. The molecular formula is C16H20N2O4. The Balaban J connectivity index is 1.96. The first-order valence-corrected chi connectivity index (χ1v) is 6.98. The Morgan fingerprint density at radius 1 is 1.23 bits per heavy atom. The van der Waals surface area contributed by atoms with Gasteiger partial charge in [0.15, 0.2) is 17.4 Å². The first-order valence-electron chi connectivity index (χ1n) is 6.98. The summed E-state index contributed by atoms with van der Waals surface area (Å²) in [6.07, 6.45) is 0.603. The van der Waals surface area contributed by atoms with E-state index in [1.54, 1.807) is 32.2 Å². The Hall–Kier alpha value is -2.50. The number of hydrogen-bond acceptors (Lipinski definition) is 5. The third-order valence-corrected chi connectivity index (χ3v) is 3.28. The minimum atomic E-state index is -0.171. The molecule has 0 fully saturated rings. The van der Waals surface area contributed by atoms with Crippen LogP contribution in [0.3, 0.4) is 0 Å². The molecule has 0 saturated carbocycles. The number of carbonyl (C=O) groups excluding carboxylic acids is 1. The van der Waals surface area contributed by atoms with E-state index < -0.39 is 0 Å². The van der Waals surface area contributed by atoms with Gasteiger partial charge in [-0.25, -0.2) is 4.98 Å². The maximum Gasteiger partial charge on any atom is 0.251 e. The minimum absolute atomic E-state index is 0.171. The van der Waals surface area contributed by atoms with E-state index >= 15 is 0 Å². The van der Waals surface area contributed by atoms with Crippen LogP contribution in [0.4, 0.5) is 0 Å². The number of rotatable bonds is 6. The second kappa shape index (κ2) is 6.98. The normalized spacial score (nSPS) is 10.4. The lowest BCUT2D eigenvalue weighted by molar-refractivity contribution is 0.0953. The number of oxazole rings is 1. The number of aromatic nitrogens is 1. The number of ether oxygens (including phenoxy) is 2. The second-order valence-corrected chi connectivity index (χ2v) is 4.82. The fourth-order valence-corrected chi connectivity index (χ4v) is 2.17. The topological polar surface area (TPSA) is 73.6 Å². The largest absolute Gasteiger partial charge is 0.493 e. The lowest BCUT2D eigenvalue weighted by atomic mass is 10.2. The number of carbonyl (C=O) groups is 1. The van der Waals surface area contributed by atoms with E-state index in [0.717, 1.165) is 11.5 Å². The molecule has 6 heteroatoms. The van der Waals surface area contributed by atoms with Crippen LogP contribution in [0, 0.1) is 13.8 Å². The zero-order valence-corrected chi connectivity index (χ0v) is 13.2. The quantitative estimate of drug-likeness (QED) is 0.886. The zero-order valence-electron chi connectivity index (χ0n) is 13.2. The summed E-state index contributed by atoms with van der Waals surface area (Å²) in [5.74, 6) is 2.38. The van der Waals surface area contributed by atoms with Crippen molar-refractivity contribution in [2.75, 3.05) is 20.8 Å². The minimum Gasteiger partial charge on any atom is -0.493 e. The zero-order chi connectivity index (χ0) is 16.1. The van der Waals surface area contributed by atoms with Crippen molar-refractivity contribution in [3.05, 3.63) is 41.1 Å². The Morgan fingerprint density at radius 3 is 2.55 bits per heavy atom. The molecule has 0 saturated heterocycles. The van der Waals surface area contributed by atoms with Crippen LogP contribution in [0.15, 0.2) is 22.6 Å². The van der Waals surface area contributed by atoms with Crippen molar-refractivity contribution < 1.29 is 18.7 Å². The van der Waals surface area contributed by atoms with Gasteiger partial charge in [0.05, 0.1) is 19.9 Å². The average Bonchev–Trinajstić information content (AvgIpc) is 2.84. The molecule has 22 heavy (non-hydrogen) atoms. The molecule has 0 atom stereocenters. The van der Waals surface area contributed by atoms with Crippen LogP contribution < -0.4 is 14.8 Å². The Labute approximate surface area is 129 Å². The third kappa shape index (κ3) is 3.58. The summed E-state index contributed by atoms with van der Waals surface area (Å²) in [6, 6.07) is 5.05. The van der Waals surface area contributed by atoms with Gasteiger partial charge in [-0.3, -0.25) is 4.79 Å². The monoisotopic (exact) mass is 304 g/mol. The van der Waals surface area contributed by atoms with Crippen molar-refractivity contribution in [3.8, 4) is 11.5 Å². The summed E-state index contributed by atoms with van der Waals surface area (Å²) in [5.41, 5.74) is 1.38. The van der Waals surface area contributed by atoms with E-state index in [2.05, 4.69) is 10.3 Å². The molecule has 0 aliphatic carbocycles. The SMILES string of the molecule is COc1ccc(C(=O)NCCc2oc(C)nc2C)cc1OC. The predicted molar refractivity (Wildman–Crippen MR) is 81.6 cm³/mol. The Kier molecular flexibility index (Phi) is 5.04. The molecule has 6 nitrogen and oxygen atoms in total. The van der Waals surface area contributed by atoms with Crippen molar-refractivity contribution in [2.24, 2.45) is 0 Å². The van der Waals surface area contributed by atoms with Crippen molar-refractivity contribution >= 4 is 5.91 Å². The predicted octanol–water partition coefficient (Wildman–Crippen LogP) is 2.28. The van der Waals surface area contributed by atoms with E-state index in [4.69, 9.17) is 13.9 Å². The van der Waals surface area contributed by atoms with Crippen LogP contribution in [0.1, 0.15) is 27.7 Å². The van der Waals surface area contributed by atoms with Crippen molar-refractivity contribution in [1.29, 1.82) is 0 Å². The van der Waals surface area contributed by atoms with E-state index in [1.807, 2.05) is 6.92 Å². The molecule has 0 spiro atoms.